The number of halogens is 1. The lowest BCUT2D eigenvalue weighted by Gasteiger charge is -2.26. The van der Waals surface area contributed by atoms with Crippen LogP contribution in [0.1, 0.15) is 19.4 Å². The summed E-state index contributed by atoms with van der Waals surface area (Å²) in [6.07, 6.45) is -0.325. The summed E-state index contributed by atoms with van der Waals surface area (Å²) in [5.74, 6) is 0. The molecule has 2 aromatic rings. The Morgan fingerprint density at radius 1 is 1.00 bits per heavy atom. The van der Waals surface area contributed by atoms with Gasteiger partial charge in [0.1, 0.15) is 6.61 Å². The second-order valence-corrected chi connectivity index (χ2v) is 6.61. The van der Waals surface area contributed by atoms with E-state index in [1.165, 1.54) is 0 Å². The minimum atomic E-state index is -0.325. The molecule has 0 saturated carbocycles. The molecule has 0 radical (unpaired) electrons. The third kappa shape index (κ3) is 6.18. The van der Waals surface area contributed by atoms with Gasteiger partial charge in [0.15, 0.2) is 0 Å². The summed E-state index contributed by atoms with van der Waals surface area (Å²) < 4.78 is 6.48. The van der Waals surface area contributed by atoms with Crippen LogP contribution < -0.4 is 4.90 Å². The van der Waals surface area contributed by atoms with Crippen LogP contribution >= 0.6 is 15.9 Å². The molecule has 0 unspecified atom stereocenters. The molecule has 0 aromatic heterocycles. The van der Waals surface area contributed by atoms with Crippen molar-refractivity contribution in [2.75, 3.05) is 31.1 Å². The number of likely N-dealkylation sites (N-methyl/N-ethyl adjacent to an activating group) is 1. The maximum absolute atomic E-state index is 12.7. The van der Waals surface area contributed by atoms with Crippen molar-refractivity contribution in [2.45, 2.75) is 20.5 Å². The van der Waals surface area contributed by atoms with Crippen molar-refractivity contribution in [2.24, 2.45) is 0 Å². The van der Waals surface area contributed by atoms with Gasteiger partial charge >= 0.3 is 6.09 Å². The minimum absolute atomic E-state index is 0.273. The van der Waals surface area contributed by atoms with Crippen molar-refractivity contribution in [1.29, 1.82) is 0 Å². The van der Waals surface area contributed by atoms with Crippen LogP contribution in [0.5, 0.6) is 0 Å². The molecule has 0 spiro atoms. The molecule has 0 bridgehead atoms. The van der Waals surface area contributed by atoms with Crippen LogP contribution in [0.4, 0.5) is 10.5 Å². The van der Waals surface area contributed by atoms with Gasteiger partial charge in [-0.2, -0.15) is 0 Å². The van der Waals surface area contributed by atoms with E-state index in [-0.39, 0.29) is 12.7 Å². The van der Waals surface area contributed by atoms with Crippen LogP contribution in [-0.2, 0) is 11.3 Å². The van der Waals surface area contributed by atoms with Gasteiger partial charge in [0.2, 0.25) is 0 Å². The Morgan fingerprint density at radius 2 is 1.72 bits per heavy atom. The lowest BCUT2D eigenvalue weighted by Crippen LogP contribution is -2.39. The number of amides is 1. The molecule has 4 nitrogen and oxygen atoms in total. The molecule has 0 saturated heterocycles. The highest BCUT2D eigenvalue weighted by Crippen LogP contribution is 2.21. The number of hydrogen-bond acceptors (Lipinski definition) is 3. The zero-order chi connectivity index (χ0) is 18.1. The highest BCUT2D eigenvalue weighted by atomic mass is 79.9. The molecule has 2 aromatic carbocycles. The van der Waals surface area contributed by atoms with Crippen molar-refractivity contribution in [3.05, 3.63) is 64.6 Å². The van der Waals surface area contributed by atoms with E-state index in [4.69, 9.17) is 4.74 Å². The summed E-state index contributed by atoms with van der Waals surface area (Å²) >= 11 is 3.47. The Hall–Kier alpha value is -1.85. The van der Waals surface area contributed by atoms with Crippen LogP contribution in [0.2, 0.25) is 0 Å². The van der Waals surface area contributed by atoms with E-state index in [2.05, 4.69) is 34.7 Å². The van der Waals surface area contributed by atoms with Gasteiger partial charge in [-0.15, -0.1) is 0 Å². The van der Waals surface area contributed by atoms with Crippen LogP contribution in [0.25, 0.3) is 0 Å². The van der Waals surface area contributed by atoms with Gasteiger partial charge in [0.25, 0.3) is 0 Å². The Morgan fingerprint density at radius 3 is 2.36 bits per heavy atom. The molecule has 0 aliphatic carbocycles. The van der Waals surface area contributed by atoms with E-state index in [1.54, 1.807) is 4.90 Å². The Kier molecular flexibility index (Phi) is 7.95. The molecule has 0 aliphatic rings. The van der Waals surface area contributed by atoms with Gasteiger partial charge in [-0.05, 0) is 36.9 Å². The molecular formula is C20H25BrN2O2. The summed E-state index contributed by atoms with van der Waals surface area (Å²) in [5, 5.41) is 0. The monoisotopic (exact) mass is 404 g/mol. The van der Waals surface area contributed by atoms with Crippen LogP contribution in [0, 0.1) is 0 Å². The lowest BCUT2D eigenvalue weighted by molar-refractivity contribution is 0.146. The first-order valence-electron chi connectivity index (χ1n) is 8.60. The van der Waals surface area contributed by atoms with Gasteiger partial charge in [-0.25, -0.2) is 4.79 Å². The second-order valence-electron chi connectivity index (χ2n) is 5.70. The van der Waals surface area contributed by atoms with E-state index in [0.29, 0.717) is 6.54 Å². The molecule has 134 valence electrons. The Bertz CT molecular complexity index is 660. The molecule has 0 aliphatic heterocycles. The zero-order valence-electron chi connectivity index (χ0n) is 14.8. The van der Waals surface area contributed by atoms with Crippen molar-refractivity contribution in [3.63, 3.8) is 0 Å². The lowest BCUT2D eigenvalue weighted by atomic mass is 10.2. The van der Waals surface area contributed by atoms with Gasteiger partial charge in [-0.1, -0.05) is 66.2 Å². The number of ether oxygens (including phenoxy) is 1. The van der Waals surface area contributed by atoms with Crippen molar-refractivity contribution >= 4 is 27.7 Å². The highest BCUT2D eigenvalue weighted by Gasteiger charge is 2.18. The fourth-order valence-corrected chi connectivity index (χ4v) is 2.94. The fourth-order valence-electron chi connectivity index (χ4n) is 2.55. The summed E-state index contributed by atoms with van der Waals surface area (Å²) in [4.78, 5) is 16.7. The predicted molar refractivity (Wildman–Crippen MR) is 106 cm³/mol. The minimum Gasteiger partial charge on any atom is -0.444 e. The Labute approximate surface area is 158 Å². The maximum Gasteiger partial charge on any atom is 0.414 e. The number of hydrogen-bond donors (Lipinski definition) is 0. The van der Waals surface area contributed by atoms with E-state index >= 15 is 0 Å². The zero-order valence-corrected chi connectivity index (χ0v) is 16.4. The first-order chi connectivity index (χ1) is 12.1. The molecule has 2 rings (SSSR count). The molecular weight excluding hydrogens is 380 g/mol. The standard InChI is InChI=1S/C20H25BrN2O2/c1-3-22(4-2)13-14-23(19-12-8-11-18(21)15-19)20(24)25-16-17-9-6-5-7-10-17/h5-12,15H,3-4,13-14,16H2,1-2H3. The van der Waals surface area contributed by atoms with Crippen LogP contribution in [0.3, 0.4) is 0 Å². The first-order valence-corrected chi connectivity index (χ1v) is 9.39. The van der Waals surface area contributed by atoms with Gasteiger partial charge in [0.05, 0.1) is 0 Å². The number of benzene rings is 2. The summed E-state index contributed by atoms with van der Waals surface area (Å²) in [6, 6.07) is 17.5. The van der Waals surface area contributed by atoms with Crippen LogP contribution in [-0.4, -0.2) is 37.2 Å². The largest absolute Gasteiger partial charge is 0.444 e. The number of nitrogens with zero attached hydrogens (tertiary/aromatic N) is 2. The third-order valence-corrected chi connectivity index (χ3v) is 4.57. The average molecular weight is 405 g/mol. The maximum atomic E-state index is 12.7. The number of rotatable bonds is 8. The normalized spacial score (nSPS) is 10.7. The molecule has 0 heterocycles. The van der Waals surface area contributed by atoms with E-state index in [9.17, 15) is 4.79 Å². The molecule has 0 atom stereocenters. The van der Waals surface area contributed by atoms with E-state index < -0.39 is 0 Å². The first kappa shape index (κ1) is 19.5. The van der Waals surface area contributed by atoms with Crippen LogP contribution in [0.15, 0.2) is 59.1 Å². The smallest absolute Gasteiger partial charge is 0.414 e. The number of carbonyl (C=O) groups excluding carboxylic acids is 1. The van der Waals surface area contributed by atoms with E-state index in [1.807, 2.05) is 54.6 Å². The summed E-state index contributed by atoms with van der Waals surface area (Å²) in [7, 11) is 0. The van der Waals surface area contributed by atoms with Crippen molar-refractivity contribution in [1.82, 2.24) is 4.90 Å². The average Bonchev–Trinajstić information content (AvgIpc) is 2.64. The SMILES string of the molecule is CCN(CC)CCN(C(=O)OCc1ccccc1)c1cccc(Br)c1. The quantitative estimate of drug-likeness (QED) is 0.624. The second kappa shape index (κ2) is 10.2. The molecule has 0 fully saturated rings. The van der Waals surface area contributed by atoms with Gasteiger partial charge in [-0.3, -0.25) is 4.90 Å². The topological polar surface area (TPSA) is 32.8 Å². The summed E-state index contributed by atoms with van der Waals surface area (Å²) in [5.41, 5.74) is 1.81. The third-order valence-electron chi connectivity index (χ3n) is 4.08. The van der Waals surface area contributed by atoms with E-state index in [0.717, 1.165) is 35.4 Å². The predicted octanol–water partition coefficient (Wildman–Crippen LogP) is 4.93. The highest BCUT2D eigenvalue weighted by molar-refractivity contribution is 9.10. The number of carbonyl (C=O) groups is 1. The molecule has 25 heavy (non-hydrogen) atoms. The fraction of sp³-hybridized carbons (Fsp3) is 0.350. The molecule has 5 heteroatoms. The summed E-state index contributed by atoms with van der Waals surface area (Å²) in [6.45, 7) is 7.84. The Balaban J connectivity index is 2.08. The van der Waals surface area contributed by atoms with Crippen molar-refractivity contribution in [3.8, 4) is 0 Å². The number of anilines is 1. The molecule has 0 N–H and O–H groups in total. The van der Waals surface area contributed by atoms with Gasteiger partial charge in [0, 0.05) is 23.2 Å². The van der Waals surface area contributed by atoms with Crippen molar-refractivity contribution < 1.29 is 9.53 Å². The van der Waals surface area contributed by atoms with Gasteiger partial charge < -0.3 is 9.64 Å². The molecule has 1 amide bonds.